The molecule has 1 aromatic heterocycles. The first-order valence-electron chi connectivity index (χ1n) is 4.43. The van der Waals surface area contributed by atoms with Gasteiger partial charge in [0.05, 0.1) is 5.75 Å². The van der Waals surface area contributed by atoms with Crippen molar-refractivity contribution in [2.45, 2.75) is 0 Å². The Balaban J connectivity index is 2.46. The lowest BCUT2D eigenvalue weighted by Gasteiger charge is -2.03. The SMILES string of the molecule is CNS(=O)(=O)CCNc1ccc(C(=O)O)o1. The van der Waals surface area contributed by atoms with E-state index in [9.17, 15) is 13.2 Å². The summed E-state index contributed by atoms with van der Waals surface area (Å²) >= 11 is 0. The van der Waals surface area contributed by atoms with Crippen molar-refractivity contribution in [3.8, 4) is 0 Å². The van der Waals surface area contributed by atoms with E-state index in [1.807, 2.05) is 0 Å². The van der Waals surface area contributed by atoms with Crippen LogP contribution in [0.5, 0.6) is 0 Å². The van der Waals surface area contributed by atoms with Crippen LogP contribution in [0, 0.1) is 0 Å². The number of furan rings is 1. The number of aromatic carboxylic acids is 1. The summed E-state index contributed by atoms with van der Waals surface area (Å²) in [5.74, 6) is -1.26. The fourth-order valence-corrected chi connectivity index (χ4v) is 1.53. The summed E-state index contributed by atoms with van der Waals surface area (Å²) in [6, 6.07) is 2.71. The van der Waals surface area contributed by atoms with Crippen LogP contribution in [-0.2, 0) is 10.0 Å². The first kappa shape index (κ1) is 12.5. The van der Waals surface area contributed by atoms with Crippen molar-refractivity contribution in [2.75, 3.05) is 24.7 Å². The molecule has 1 heterocycles. The molecule has 0 saturated heterocycles. The monoisotopic (exact) mass is 248 g/mol. The van der Waals surface area contributed by atoms with E-state index in [1.165, 1.54) is 19.2 Å². The van der Waals surface area contributed by atoms with Gasteiger partial charge < -0.3 is 14.8 Å². The Labute approximate surface area is 92.5 Å². The van der Waals surface area contributed by atoms with Crippen LogP contribution < -0.4 is 10.0 Å². The van der Waals surface area contributed by atoms with Gasteiger partial charge in [-0.3, -0.25) is 0 Å². The molecular weight excluding hydrogens is 236 g/mol. The minimum atomic E-state index is -3.27. The van der Waals surface area contributed by atoms with Crippen LogP contribution in [0.1, 0.15) is 10.6 Å². The van der Waals surface area contributed by atoms with Gasteiger partial charge in [-0.15, -0.1) is 0 Å². The zero-order valence-corrected chi connectivity index (χ0v) is 9.37. The van der Waals surface area contributed by atoms with E-state index in [0.29, 0.717) is 0 Å². The molecule has 0 bridgehead atoms. The van der Waals surface area contributed by atoms with Crippen LogP contribution in [0.4, 0.5) is 5.88 Å². The molecule has 8 heteroatoms. The molecule has 1 aromatic rings. The number of hydrogen-bond acceptors (Lipinski definition) is 5. The standard InChI is InChI=1S/C8H12N2O5S/c1-9-16(13,14)5-4-10-7-3-2-6(15-7)8(11)12/h2-3,9-10H,4-5H2,1H3,(H,11,12). The van der Waals surface area contributed by atoms with Crippen LogP contribution in [0.2, 0.25) is 0 Å². The molecule has 90 valence electrons. The van der Waals surface area contributed by atoms with Gasteiger partial charge >= 0.3 is 5.97 Å². The fourth-order valence-electron chi connectivity index (χ4n) is 0.958. The number of nitrogens with one attached hydrogen (secondary N) is 2. The zero-order chi connectivity index (χ0) is 12.2. The number of sulfonamides is 1. The number of hydrogen-bond donors (Lipinski definition) is 3. The molecule has 0 aliphatic rings. The van der Waals surface area contributed by atoms with Gasteiger partial charge in [-0.2, -0.15) is 0 Å². The highest BCUT2D eigenvalue weighted by atomic mass is 32.2. The Bertz CT molecular complexity index is 465. The second kappa shape index (κ2) is 4.99. The lowest BCUT2D eigenvalue weighted by molar-refractivity contribution is 0.0663. The Morgan fingerprint density at radius 3 is 2.69 bits per heavy atom. The van der Waals surface area contributed by atoms with Crippen molar-refractivity contribution in [1.82, 2.24) is 4.72 Å². The van der Waals surface area contributed by atoms with Gasteiger partial charge in [-0.1, -0.05) is 0 Å². The normalized spacial score (nSPS) is 11.3. The molecule has 0 aliphatic heterocycles. The largest absolute Gasteiger partial charge is 0.475 e. The van der Waals surface area contributed by atoms with E-state index in [1.54, 1.807) is 0 Å². The predicted octanol–water partition coefficient (Wildman–Crippen LogP) is -0.0611. The van der Waals surface area contributed by atoms with Crippen molar-refractivity contribution < 1.29 is 22.7 Å². The topological polar surface area (TPSA) is 109 Å². The van der Waals surface area contributed by atoms with Gasteiger partial charge in [-0.05, 0) is 13.1 Å². The maximum Gasteiger partial charge on any atom is 0.371 e. The fraction of sp³-hybridized carbons (Fsp3) is 0.375. The average molecular weight is 248 g/mol. The lowest BCUT2D eigenvalue weighted by Crippen LogP contribution is -2.26. The maximum atomic E-state index is 11.0. The first-order valence-corrected chi connectivity index (χ1v) is 6.08. The smallest absolute Gasteiger partial charge is 0.371 e. The molecule has 3 N–H and O–H groups in total. The zero-order valence-electron chi connectivity index (χ0n) is 8.56. The number of anilines is 1. The van der Waals surface area contributed by atoms with Gasteiger partial charge in [0, 0.05) is 12.6 Å². The summed E-state index contributed by atoms with van der Waals surface area (Å²) in [4.78, 5) is 10.5. The van der Waals surface area contributed by atoms with E-state index < -0.39 is 16.0 Å². The molecule has 0 aliphatic carbocycles. The summed E-state index contributed by atoms with van der Waals surface area (Å²) in [6.45, 7) is 0.135. The number of carboxylic acids is 1. The van der Waals surface area contributed by atoms with Gasteiger partial charge in [0.2, 0.25) is 15.8 Å². The van der Waals surface area contributed by atoms with Crippen molar-refractivity contribution in [1.29, 1.82) is 0 Å². The molecule has 0 atom stereocenters. The molecular formula is C8H12N2O5S. The highest BCUT2D eigenvalue weighted by Crippen LogP contribution is 2.12. The van der Waals surface area contributed by atoms with Crippen LogP contribution >= 0.6 is 0 Å². The van der Waals surface area contributed by atoms with Crippen LogP contribution in [0.25, 0.3) is 0 Å². The van der Waals surface area contributed by atoms with Gasteiger partial charge in [0.25, 0.3) is 0 Å². The third-order valence-electron chi connectivity index (χ3n) is 1.80. The van der Waals surface area contributed by atoms with Gasteiger partial charge in [-0.25, -0.2) is 17.9 Å². The van der Waals surface area contributed by atoms with Crippen LogP contribution in [0.3, 0.4) is 0 Å². The molecule has 0 fully saturated rings. The van der Waals surface area contributed by atoms with E-state index in [4.69, 9.17) is 9.52 Å². The highest BCUT2D eigenvalue weighted by molar-refractivity contribution is 7.89. The van der Waals surface area contributed by atoms with Gasteiger partial charge in [0.15, 0.2) is 5.88 Å². The van der Waals surface area contributed by atoms with E-state index in [0.717, 1.165) is 0 Å². The van der Waals surface area contributed by atoms with E-state index in [-0.39, 0.29) is 23.9 Å². The molecule has 0 radical (unpaired) electrons. The molecule has 0 saturated carbocycles. The quantitative estimate of drug-likeness (QED) is 0.650. The second-order valence-electron chi connectivity index (χ2n) is 2.92. The molecule has 7 nitrogen and oxygen atoms in total. The minimum Gasteiger partial charge on any atom is -0.475 e. The van der Waals surface area contributed by atoms with Crippen LogP contribution in [-0.4, -0.2) is 38.8 Å². The summed E-state index contributed by atoms with van der Waals surface area (Å²) in [7, 11) is -1.95. The predicted molar refractivity (Wildman–Crippen MR) is 57.0 cm³/mol. The molecule has 1 rings (SSSR count). The lowest BCUT2D eigenvalue weighted by atomic mass is 10.5. The molecule has 0 amide bonds. The molecule has 16 heavy (non-hydrogen) atoms. The Morgan fingerprint density at radius 2 is 2.19 bits per heavy atom. The van der Waals surface area contributed by atoms with Crippen molar-refractivity contribution in [2.24, 2.45) is 0 Å². The third kappa shape index (κ3) is 3.55. The molecule has 0 unspecified atom stereocenters. The van der Waals surface area contributed by atoms with Crippen molar-refractivity contribution >= 4 is 21.9 Å². The number of carbonyl (C=O) groups is 1. The summed E-state index contributed by atoms with van der Waals surface area (Å²) in [5.41, 5.74) is 0. The Hall–Kier alpha value is -1.54. The summed E-state index contributed by atoms with van der Waals surface area (Å²) in [6.07, 6.45) is 0. The van der Waals surface area contributed by atoms with E-state index in [2.05, 4.69) is 10.0 Å². The third-order valence-corrected chi connectivity index (χ3v) is 3.16. The maximum absolute atomic E-state index is 11.0. The van der Waals surface area contributed by atoms with E-state index >= 15 is 0 Å². The first-order chi connectivity index (χ1) is 7.44. The highest BCUT2D eigenvalue weighted by Gasteiger charge is 2.10. The van der Waals surface area contributed by atoms with Gasteiger partial charge in [0.1, 0.15) is 0 Å². The molecule has 0 aromatic carbocycles. The average Bonchev–Trinajstić information content (AvgIpc) is 2.66. The minimum absolute atomic E-state index is 0.118. The number of carboxylic acid groups (broad SMARTS) is 1. The van der Waals surface area contributed by atoms with Crippen molar-refractivity contribution in [3.05, 3.63) is 17.9 Å². The second-order valence-corrected chi connectivity index (χ2v) is 4.96. The number of rotatable bonds is 6. The van der Waals surface area contributed by atoms with Crippen LogP contribution in [0.15, 0.2) is 16.5 Å². The van der Waals surface area contributed by atoms with Crippen molar-refractivity contribution in [3.63, 3.8) is 0 Å². The Morgan fingerprint density at radius 1 is 1.50 bits per heavy atom. The summed E-state index contributed by atoms with van der Waals surface area (Å²) < 4.78 is 29.1. The molecule has 0 spiro atoms. The summed E-state index contributed by atoms with van der Waals surface area (Å²) in [5, 5.41) is 11.2. The Kier molecular flexibility index (Phi) is 3.91.